The van der Waals surface area contributed by atoms with Crippen molar-refractivity contribution in [2.75, 3.05) is 0 Å². The summed E-state index contributed by atoms with van der Waals surface area (Å²) in [6, 6.07) is 0. The van der Waals surface area contributed by atoms with E-state index in [1.165, 1.54) is 0 Å². The van der Waals surface area contributed by atoms with Crippen molar-refractivity contribution < 1.29 is 4.79 Å². The maximum atomic E-state index is 10.9. The van der Waals surface area contributed by atoms with Gasteiger partial charge in [-0.15, -0.1) is 10.2 Å². The lowest BCUT2D eigenvalue weighted by molar-refractivity contribution is 0.0972. The molecule has 0 radical (unpaired) electrons. The van der Waals surface area contributed by atoms with Crippen LogP contribution in [0.4, 0.5) is 0 Å². The van der Waals surface area contributed by atoms with E-state index in [0.717, 1.165) is 6.42 Å². The van der Waals surface area contributed by atoms with Gasteiger partial charge in [0.05, 0.1) is 0 Å². The Morgan fingerprint density at radius 3 is 3.00 bits per heavy atom. The lowest BCUT2D eigenvalue weighted by Crippen LogP contribution is -2.00. The molecule has 0 atom stereocenters. The van der Waals surface area contributed by atoms with Gasteiger partial charge in [0, 0.05) is 6.42 Å². The van der Waals surface area contributed by atoms with Crippen molar-refractivity contribution in [2.24, 2.45) is 0 Å². The second-order valence-corrected chi connectivity index (χ2v) is 1.91. The van der Waals surface area contributed by atoms with Crippen molar-refractivity contribution in [1.29, 1.82) is 0 Å². The molecule has 0 aromatic carbocycles. The van der Waals surface area contributed by atoms with Gasteiger partial charge >= 0.3 is 0 Å². The van der Waals surface area contributed by atoms with Crippen molar-refractivity contribution in [3.05, 3.63) is 5.82 Å². The zero-order valence-electron chi connectivity index (χ0n) is 5.66. The molecule has 0 saturated carbocycles. The molecule has 0 fully saturated rings. The molecule has 1 rings (SSSR count). The summed E-state index contributed by atoms with van der Waals surface area (Å²) in [6.45, 7) is 1.93. The highest BCUT2D eigenvalue weighted by molar-refractivity contribution is 5.91. The minimum absolute atomic E-state index is 0.0590. The van der Waals surface area contributed by atoms with Crippen molar-refractivity contribution in [3.63, 3.8) is 0 Å². The van der Waals surface area contributed by atoms with Crippen LogP contribution in [0, 0.1) is 0 Å². The molecule has 1 aromatic heterocycles. The standard InChI is InChI=1S/C5H8N4O/c1-2-3-4(10)5-6-8-9-7-5/h2-3H2,1H3,(H,6,7,8,9). The number of carbonyl (C=O) groups is 1. The molecule has 5 nitrogen and oxygen atoms in total. The fourth-order valence-electron chi connectivity index (χ4n) is 0.619. The van der Waals surface area contributed by atoms with Crippen molar-refractivity contribution in [2.45, 2.75) is 19.8 Å². The van der Waals surface area contributed by atoms with E-state index in [0.29, 0.717) is 6.42 Å². The summed E-state index contributed by atoms with van der Waals surface area (Å²) in [6.07, 6.45) is 1.30. The monoisotopic (exact) mass is 140 g/mol. The van der Waals surface area contributed by atoms with Crippen LogP contribution in [0.2, 0.25) is 0 Å². The van der Waals surface area contributed by atoms with Crippen LogP contribution < -0.4 is 0 Å². The predicted octanol–water partition coefficient (Wildman–Crippen LogP) is 0.182. The predicted molar refractivity (Wildman–Crippen MR) is 33.4 cm³/mol. The summed E-state index contributed by atoms with van der Waals surface area (Å²) in [5, 5.41) is 12.6. The smallest absolute Gasteiger partial charge is 0.240 e. The molecule has 1 N–H and O–H groups in total. The van der Waals surface area contributed by atoms with Crippen LogP contribution in [0.5, 0.6) is 0 Å². The van der Waals surface area contributed by atoms with Crippen molar-refractivity contribution in [1.82, 2.24) is 20.6 Å². The number of tetrazole rings is 1. The zero-order chi connectivity index (χ0) is 7.40. The molecule has 0 unspecified atom stereocenters. The minimum atomic E-state index is -0.0590. The van der Waals surface area contributed by atoms with Crippen molar-refractivity contribution >= 4 is 5.78 Å². The Morgan fingerprint density at radius 2 is 2.50 bits per heavy atom. The van der Waals surface area contributed by atoms with Gasteiger partial charge in [-0.3, -0.25) is 4.79 Å². The Kier molecular flexibility index (Phi) is 2.09. The van der Waals surface area contributed by atoms with Gasteiger partial charge in [0.2, 0.25) is 11.6 Å². The van der Waals surface area contributed by atoms with E-state index in [1.54, 1.807) is 0 Å². The molecular formula is C5H8N4O. The number of rotatable bonds is 3. The lowest BCUT2D eigenvalue weighted by atomic mass is 10.2. The maximum Gasteiger partial charge on any atom is 0.240 e. The van der Waals surface area contributed by atoms with Gasteiger partial charge in [-0.2, -0.15) is 5.21 Å². The van der Waals surface area contributed by atoms with Gasteiger partial charge < -0.3 is 0 Å². The normalized spacial score (nSPS) is 9.70. The van der Waals surface area contributed by atoms with Gasteiger partial charge in [0.1, 0.15) is 0 Å². The fraction of sp³-hybridized carbons (Fsp3) is 0.600. The number of nitrogens with one attached hydrogen (secondary N) is 1. The van der Waals surface area contributed by atoms with E-state index >= 15 is 0 Å². The molecule has 0 aliphatic rings. The SMILES string of the molecule is CCCC(=O)c1nn[nH]n1. The summed E-state index contributed by atoms with van der Waals surface area (Å²) in [7, 11) is 0. The van der Waals surface area contributed by atoms with Crippen LogP contribution in [0.1, 0.15) is 30.4 Å². The number of H-pyrrole nitrogens is 1. The Morgan fingerprint density at radius 1 is 1.70 bits per heavy atom. The molecule has 1 heterocycles. The summed E-state index contributed by atoms with van der Waals surface area (Å²) in [5.41, 5.74) is 0. The van der Waals surface area contributed by atoms with Crippen LogP contribution in [0.15, 0.2) is 0 Å². The highest BCUT2D eigenvalue weighted by atomic mass is 16.1. The van der Waals surface area contributed by atoms with Gasteiger partial charge in [-0.25, -0.2) is 0 Å². The molecule has 0 bridgehead atoms. The second-order valence-electron chi connectivity index (χ2n) is 1.91. The third-order valence-corrected chi connectivity index (χ3v) is 1.07. The summed E-state index contributed by atoms with van der Waals surface area (Å²) < 4.78 is 0. The molecule has 0 amide bonds. The van der Waals surface area contributed by atoms with Crippen LogP contribution in [0.3, 0.4) is 0 Å². The van der Waals surface area contributed by atoms with E-state index in [9.17, 15) is 4.79 Å². The average Bonchev–Trinajstić information content (AvgIpc) is 2.38. The third-order valence-electron chi connectivity index (χ3n) is 1.07. The first-order chi connectivity index (χ1) is 4.84. The highest BCUT2D eigenvalue weighted by Crippen LogP contribution is 1.95. The molecule has 0 aliphatic carbocycles. The lowest BCUT2D eigenvalue weighted by Gasteiger charge is -1.86. The Hall–Kier alpha value is -1.26. The summed E-state index contributed by atoms with van der Waals surface area (Å²) in [4.78, 5) is 10.9. The van der Waals surface area contributed by atoms with Crippen LogP contribution in [-0.2, 0) is 0 Å². The number of nitrogens with zero attached hydrogens (tertiary/aromatic N) is 3. The second kappa shape index (κ2) is 3.05. The van der Waals surface area contributed by atoms with Gasteiger partial charge in [0.15, 0.2) is 0 Å². The van der Waals surface area contributed by atoms with E-state index < -0.39 is 0 Å². The maximum absolute atomic E-state index is 10.9. The first-order valence-corrected chi connectivity index (χ1v) is 3.11. The quantitative estimate of drug-likeness (QED) is 0.608. The van der Waals surface area contributed by atoms with Gasteiger partial charge in [-0.05, 0) is 11.6 Å². The highest BCUT2D eigenvalue weighted by Gasteiger charge is 2.07. The Bertz CT molecular complexity index is 205. The van der Waals surface area contributed by atoms with E-state index in [2.05, 4.69) is 20.6 Å². The number of aromatic nitrogens is 4. The number of hydrogen-bond acceptors (Lipinski definition) is 4. The van der Waals surface area contributed by atoms with Gasteiger partial charge in [-0.1, -0.05) is 6.92 Å². The summed E-state index contributed by atoms with van der Waals surface area (Å²) >= 11 is 0. The molecule has 5 heteroatoms. The van der Waals surface area contributed by atoms with E-state index in [-0.39, 0.29) is 11.6 Å². The number of carbonyl (C=O) groups excluding carboxylic acids is 1. The topological polar surface area (TPSA) is 71.5 Å². The summed E-state index contributed by atoms with van der Waals surface area (Å²) in [5.74, 6) is 0.123. The van der Waals surface area contributed by atoms with E-state index in [4.69, 9.17) is 0 Å². The molecule has 1 aromatic rings. The first kappa shape index (κ1) is 6.85. The average molecular weight is 140 g/mol. The number of Topliss-reactive ketones (excluding diaryl/α,β-unsaturated/α-hetero) is 1. The fourth-order valence-corrected chi connectivity index (χ4v) is 0.619. The van der Waals surface area contributed by atoms with Crippen LogP contribution in [0.25, 0.3) is 0 Å². The number of hydrogen-bond donors (Lipinski definition) is 1. The molecular weight excluding hydrogens is 132 g/mol. The Labute approximate surface area is 57.8 Å². The molecule has 54 valence electrons. The molecule has 0 spiro atoms. The minimum Gasteiger partial charge on any atom is -0.291 e. The third kappa shape index (κ3) is 1.37. The van der Waals surface area contributed by atoms with Crippen LogP contribution in [-0.4, -0.2) is 26.4 Å². The first-order valence-electron chi connectivity index (χ1n) is 3.11. The molecule has 10 heavy (non-hydrogen) atoms. The number of aromatic amines is 1. The molecule has 0 aliphatic heterocycles. The van der Waals surface area contributed by atoms with Crippen LogP contribution >= 0.6 is 0 Å². The van der Waals surface area contributed by atoms with Gasteiger partial charge in [0.25, 0.3) is 0 Å². The largest absolute Gasteiger partial charge is 0.291 e. The van der Waals surface area contributed by atoms with E-state index in [1.807, 2.05) is 6.92 Å². The Balaban J connectivity index is 2.59. The van der Waals surface area contributed by atoms with Crippen molar-refractivity contribution in [3.8, 4) is 0 Å². The molecule has 0 saturated heterocycles. The number of ketones is 1. The zero-order valence-corrected chi connectivity index (χ0v) is 5.66.